The van der Waals surface area contributed by atoms with Crippen LogP contribution in [-0.4, -0.2) is 11.7 Å². The largest absolute Gasteiger partial charge is 3.00 e. The average Bonchev–Trinajstić information content (AvgIpc) is 0.918. The summed E-state index contributed by atoms with van der Waals surface area (Å²) in [6.07, 6.45) is 0. The van der Waals surface area contributed by atoms with E-state index in [0.29, 0.717) is 0 Å². The molecule has 0 aromatic heterocycles. The molecule has 6 heteroatoms. The van der Waals surface area contributed by atoms with Crippen LogP contribution in [0.15, 0.2) is 0 Å². The standard InChI is InChI=1S/C2H6O.2Ce.3O/c1-2-3;;;;;/h3H,2H2,1H3;;;;;/q;2*+3;3*-2. The van der Waals surface area contributed by atoms with Crippen molar-refractivity contribution in [3.63, 3.8) is 0 Å². The predicted octanol–water partition coefficient (Wildman–Crippen LogP) is -0.358. The van der Waals surface area contributed by atoms with Crippen LogP contribution in [0.4, 0.5) is 0 Å². The van der Waals surface area contributed by atoms with Gasteiger partial charge >= 0.3 is 83.5 Å². The van der Waals surface area contributed by atoms with Gasteiger partial charge in [-0.1, -0.05) is 0 Å². The van der Waals surface area contributed by atoms with Crippen molar-refractivity contribution in [2.45, 2.75) is 6.92 Å². The summed E-state index contributed by atoms with van der Waals surface area (Å²) in [6, 6.07) is 0. The quantitative estimate of drug-likeness (QED) is 0.615. The fourth-order valence-corrected chi connectivity index (χ4v) is 0. The van der Waals surface area contributed by atoms with Crippen molar-refractivity contribution in [1.82, 2.24) is 0 Å². The zero-order valence-electron chi connectivity index (χ0n) is 4.38. The Morgan fingerprint density at radius 1 is 1.00 bits per heavy atom. The van der Waals surface area contributed by atoms with E-state index in [1.807, 2.05) is 0 Å². The molecule has 0 rings (SSSR count). The Bertz CT molecular complexity index is 12.0. The normalized spacial score (nSPS) is 2.25. The molecule has 1 N–H and O–H groups in total. The van der Waals surface area contributed by atoms with Crippen LogP contribution in [0.2, 0.25) is 0 Å². The van der Waals surface area contributed by atoms with Gasteiger partial charge in [-0.05, 0) is 6.92 Å². The van der Waals surface area contributed by atoms with Crippen LogP contribution < -0.4 is 0 Å². The van der Waals surface area contributed by atoms with Crippen LogP contribution in [0.3, 0.4) is 0 Å². The molecule has 4 nitrogen and oxygen atoms in total. The van der Waals surface area contributed by atoms with Gasteiger partial charge in [0.25, 0.3) is 0 Å². The first-order valence-corrected chi connectivity index (χ1v) is 1.02. The fraction of sp³-hybridized carbons (Fsp3) is 1.00. The molecule has 46 valence electrons. The third kappa shape index (κ3) is 73.7. The molecule has 0 aromatic carbocycles. The van der Waals surface area contributed by atoms with Crippen molar-refractivity contribution in [2.24, 2.45) is 0 Å². The number of rotatable bonds is 0. The number of aliphatic hydroxyl groups excluding tert-OH is 1. The van der Waals surface area contributed by atoms with E-state index in [4.69, 9.17) is 5.11 Å². The Morgan fingerprint density at radius 2 is 1.00 bits per heavy atom. The van der Waals surface area contributed by atoms with Crippen molar-refractivity contribution in [2.75, 3.05) is 6.61 Å². The molecule has 0 aromatic rings. The van der Waals surface area contributed by atoms with Crippen LogP contribution in [0, 0.1) is 83.5 Å². The molecule has 0 aliphatic carbocycles. The van der Waals surface area contributed by atoms with E-state index >= 15 is 0 Å². The molecule has 0 bridgehead atoms. The zero-order chi connectivity index (χ0) is 2.71. The molecular weight excluding hydrogens is 368 g/mol. The average molecular weight is 374 g/mol. The maximum atomic E-state index is 7.57. The molecule has 8 heavy (non-hydrogen) atoms. The number of hydrogen-bond donors (Lipinski definition) is 1. The van der Waals surface area contributed by atoms with Crippen LogP contribution in [0.5, 0.6) is 0 Å². The number of aliphatic hydroxyl groups is 1. The Kier molecular flexibility index (Phi) is 317. The third-order valence-corrected chi connectivity index (χ3v) is 0. The Labute approximate surface area is 116 Å². The molecule has 0 spiro atoms. The fourth-order valence-electron chi connectivity index (χ4n) is 0. The SMILES string of the molecule is CCO.[Ce+3].[Ce+3].[O-2].[O-2].[O-2]. The minimum atomic E-state index is 0. The van der Waals surface area contributed by atoms with Gasteiger partial charge in [-0.3, -0.25) is 0 Å². The van der Waals surface area contributed by atoms with Crippen LogP contribution in [-0.2, 0) is 16.4 Å². The van der Waals surface area contributed by atoms with Crippen LogP contribution in [0.1, 0.15) is 6.92 Å². The van der Waals surface area contributed by atoms with Gasteiger partial charge in [-0.15, -0.1) is 0 Å². The summed E-state index contributed by atoms with van der Waals surface area (Å²) >= 11 is 0. The summed E-state index contributed by atoms with van der Waals surface area (Å²) in [5.74, 6) is 0. The summed E-state index contributed by atoms with van der Waals surface area (Å²) in [5, 5.41) is 7.57. The molecule has 0 unspecified atom stereocenters. The Morgan fingerprint density at radius 3 is 1.00 bits per heavy atom. The van der Waals surface area contributed by atoms with Gasteiger partial charge < -0.3 is 21.5 Å². The van der Waals surface area contributed by atoms with Crippen LogP contribution >= 0.6 is 0 Å². The summed E-state index contributed by atoms with van der Waals surface area (Å²) in [5.41, 5.74) is 0. The molecule has 0 aliphatic rings. The van der Waals surface area contributed by atoms with E-state index in [0.717, 1.165) is 0 Å². The molecule has 0 saturated carbocycles. The van der Waals surface area contributed by atoms with E-state index in [1.165, 1.54) is 0 Å². The molecule has 0 atom stereocenters. The second-order valence-corrected chi connectivity index (χ2v) is 0.316. The van der Waals surface area contributed by atoms with Crippen molar-refractivity contribution >= 4 is 0 Å². The van der Waals surface area contributed by atoms with E-state index in [9.17, 15) is 0 Å². The van der Waals surface area contributed by atoms with E-state index in [2.05, 4.69) is 0 Å². The molecule has 0 amide bonds. The summed E-state index contributed by atoms with van der Waals surface area (Å²) in [7, 11) is 0. The monoisotopic (exact) mass is 374 g/mol. The molecule has 0 saturated heterocycles. The summed E-state index contributed by atoms with van der Waals surface area (Å²) < 4.78 is 0. The first kappa shape index (κ1) is 46.2. The van der Waals surface area contributed by atoms with E-state index < -0.39 is 0 Å². The first-order valence-electron chi connectivity index (χ1n) is 1.02. The minimum Gasteiger partial charge on any atom is -2.00 e. The molecule has 0 aliphatic heterocycles. The molecule has 0 fully saturated rings. The molecule has 0 heterocycles. The second kappa shape index (κ2) is 54.9. The van der Waals surface area contributed by atoms with Gasteiger partial charge in [0.05, 0.1) is 0 Å². The van der Waals surface area contributed by atoms with Crippen LogP contribution in [0.25, 0.3) is 0 Å². The number of hydrogen-bond acceptors (Lipinski definition) is 1. The van der Waals surface area contributed by atoms with Crippen molar-refractivity contribution in [3.05, 3.63) is 0 Å². The third-order valence-electron chi connectivity index (χ3n) is 0. The summed E-state index contributed by atoms with van der Waals surface area (Å²) in [6.45, 7) is 1.93. The molecular formula is C2H6Ce2O4. The topological polar surface area (TPSA) is 106 Å². The second-order valence-electron chi connectivity index (χ2n) is 0.316. The van der Waals surface area contributed by atoms with Gasteiger partial charge in [-0.2, -0.15) is 0 Å². The van der Waals surface area contributed by atoms with Crippen molar-refractivity contribution in [1.29, 1.82) is 0 Å². The maximum absolute atomic E-state index is 7.57. The smallest absolute Gasteiger partial charge is 2.00 e. The Balaban J connectivity index is -0.00000000200. The van der Waals surface area contributed by atoms with Gasteiger partial charge in [0, 0.05) is 6.61 Å². The maximum Gasteiger partial charge on any atom is 3.00 e. The minimum absolute atomic E-state index is 0. The Hall–Kier alpha value is 2.59. The van der Waals surface area contributed by atoms with Gasteiger partial charge in [0.15, 0.2) is 0 Å². The van der Waals surface area contributed by atoms with E-state index in [1.54, 1.807) is 6.92 Å². The van der Waals surface area contributed by atoms with Gasteiger partial charge in [0.2, 0.25) is 0 Å². The van der Waals surface area contributed by atoms with Crippen molar-refractivity contribution in [3.8, 4) is 0 Å². The summed E-state index contributed by atoms with van der Waals surface area (Å²) in [4.78, 5) is 0. The molecule has 2 radical (unpaired) electrons. The van der Waals surface area contributed by atoms with Crippen molar-refractivity contribution < 1.29 is 105 Å². The first-order chi connectivity index (χ1) is 1.41. The zero-order valence-corrected chi connectivity index (χ0v) is 10.7. The van der Waals surface area contributed by atoms with Gasteiger partial charge in [0.1, 0.15) is 0 Å². The predicted molar refractivity (Wildman–Crippen MR) is 14.8 cm³/mol. The van der Waals surface area contributed by atoms with E-state index in [-0.39, 0.29) is 107 Å². The van der Waals surface area contributed by atoms with Gasteiger partial charge in [-0.25, -0.2) is 0 Å².